The summed E-state index contributed by atoms with van der Waals surface area (Å²) in [5, 5.41) is 12.1. The molecule has 0 radical (unpaired) electrons. The van der Waals surface area contributed by atoms with Crippen LogP contribution in [0.5, 0.6) is 5.75 Å². The van der Waals surface area contributed by atoms with Crippen LogP contribution in [0.2, 0.25) is 0 Å². The first-order chi connectivity index (χ1) is 10.1. The van der Waals surface area contributed by atoms with E-state index in [-0.39, 0.29) is 12.4 Å². The Morgan fingerprint density at radius 1 is 1.33 bits per heavy atom. The van der Waals surface area contributed by atoms with Crippen LogP contribution < -0.4 is 10.1 Å². The van der Waals surface area contributed by atoms with Crippen molar-refractivity contribution in [1.29, 1.82) is 5.26 Å². The maximum atomic E-state index is 13.3. The van der Waals surface area contributed by atoms with E-state index in [1.165, 1.54) is 18.2 Å². The molecule has 0 aliphatic carbocycles. The van der Waals surface area contributed by atoms with Gasteiger partial charge in [-0.1, -0.05) is 0 Å². The van der Waals surface area contributed by atoms with Gasteiger partial charge in [-0.05, 0) is 44.3 Å². The van der Waals surface area contributed by atoms with Crippen molar-refractivity contribution in [3.8, 4) is 11.8 Å². The second-order valence-corrected chi connectivity index (χ2v) is 4.63. The number of nitrogens with one attached hydrogen (secondary N) is 1. The molecule has 2 aromatic rings. The lowest BCUT2D eigenvalue weighted by Gasteiger charge is -2.12. The maximum absolute atomic E-state index is 13.3. The van der Waals surface area contributed by atoms with Crippen LogP contribution in [0.1, 0.15) is 22.5 Å². The number of rotatable bonds is 5. The van der Waals surface area contributed by atoms with Gasteiger partial charge in [-0.15, -0.1) is 0 Å². The Kier molecular flexibility index (Phi) is 4.85. The third-order valence-electron chi connectivity index (χ3n) is 2.99. The Hall–Kier alpha value is -2.45. The van der Waals surface area contributed by atoms with Gasteiger partial charge in [0.25, 0.3) is 0 Å². The molecule has 0 amide bonds. The molecule has 21 heavy (non-hydrogen) atoms. The van der Waals surface area contributed by atoms with Crippen LogP contribution in [-0.2, 0) is 13.2 Å². The summed E-state index contributed by atoms with van der Waals surface area (Å²) in [6.45, 7) is 2.61. The fourth-order valence-corrected chi connectivity index (χ4v) is 1.97. The van der Waals surface area contributed by atoms with E-state index in [1.807, 2.05) is 32.2 Å². The van der Waals surface area contributed by atoms with Gasteiger partial charge in [-0.2, -0.15) is 5.26 Å². The average molecular weight is 285 g/mol. The first-order valence-electron chi connectivity index (χ1n) is 6.56. The van der Waals surface area contributed by atoms with E-state index in [0.717, 1.165) is 11.4 Å². The molecule has 108 valence electrons. The molecule has 1 aromatic heterocycles. The molecular formula is C16H16FN3O. The highest BCUT2D eigenvalue weighted by molar-refractivity contribution is 5.38. The van der Waals surface area contributed by atoms with Gasteiger partial charge in [0.2, 0.25) is 0 Å². The van der Waals surface area contributed by atoms with Crippen molar-refractivity contribution in [1.82, 2.24) is 10.3 Å². The van der Waals surface area contributed by atoms with Gasteiger partial charge in [0.1, 0.15) is 18.2 Å². The van der Waals surface area contributed by atoms with Crippen molar-refractivity contribution in [3.05, 3.63) is 58.7 Å². The Balaban J connectivity index is 2.20. The van der Waals surface area contributed by atoms with Gasteiger partial charge in [-0.3, -0.25) is 4.98 Å². The molecule has 0 spiro atoms. The predicted molar refractivity (Wildman–Crippen MR) is 77.2 cm³/mol. The van der Waals surface area contributed by atoms with Crippen LogP contribution in [-0.4, -0.2) is 12.0 Å². The summed E-state index contributed by atoms with van der Waals surface area (Å²) in [6, 6.07) is 9.76. The summed E-state index contributed by atoms with van der Waals surface area (Å²) < 4.78 is 19.0. The highest BCUT2D eigenvalue weighted by atomic mass is 19.1. The number of aromatic nitrogens is 1. The minimum atomic E-state index is -0.384. The number of halogens is 1. The van der Waals surface area contributed by atoms with Crippen LogP contribution in [0.25, 0.3) is 0 Å². The van der Waals surface area contributed by atoms with Crippen molar-refractivity contribution in [2.24, 2.45) is 0 Å². The average Bonchev–Trinajstić information content (AvgIpc) is 2.47. The number of ether oxygens (including phenoxy) is 1. The third-order valence-corrected chi connectivity index (χ3v) is 2.99. The van der Waals surface area contributed by atoms with E-state index in [1.54, 1.807) is 0 Å². The number of benzene rings is 1. The number of aryl methyl sites for hydroxylation is 1. The number of hydrogen-bond acceptors (Lipinski definition) is 4. The molecule has 1 heterocycles. The van der Waals surface area contributed by atoms with E-state index >= 15 is 0 Å². The third kappa shape index (κ3) is 3.77. The molecule has 0 fully saturated rings. The van der Waals surface area contributed by atoms with E-state index in [9.17, 15) is 4.39 Å². The molecule has 0 aliphatic heterocycles. The Morgan fingerprint density at radius 3 is 2.86 bits per heavy atom. The molecule has 0 saturated heterocycles. The van der Waals surface area contributed by atoms with E-state index < -0.39 is 0 Å². The Labute approximate surface area is 123 Å². The molecule has 0 aliphatic rings. The second kappa shape index (κ2) is 6.82. The molecular weight excluding hydrogens is 269 g/mol. The van der Waals surface area contributed by atoms with Gasteiger partial charge in [-0.25, -0.2) is 4.39 Å². The molecule has 1 N–H and O–H groups in total. The van der Waals surface area contributed by atoms with Crippen molar-refractivity contribution >= 4 is 0 Å². The number of nitrogens with zero attached hydrogens (tertiary/aromatic N) is 2. The standard InChI is InChI=1S/C16H16FN3O/c1-11-3-6-16(15(20-11)9-19-2)21-10-13-7-14(17)5-4-12(13)8-18/h3-7,19H,9-10H2,1-2H3. The van der Waals surface area contributed by atoms with Crippen molar-refractivity contribution in [3.63, 3.8) is 0 Å². The van der Waals surface area contributed by atoms with Gasteiger partial charge < -0.3 is 10.1 Å². The zero-order chi connectivity index (χ0) is 15.2. The second-order valence-electron chi connectivity index (χ2n) is 4.63. The smallest absolute Gasteiger partial charge is 0.142 e. The largest absolute Gasteiger partial charge is 0.487 e. The van der Waals surface area contributed by atoms with Crippen molar-refractivity contribution in [2.45, 2.75) is 20.1 Å². The quantitative estimate of drug-likeness (QED) is 0.917. The number of hydrogen-bond donors (Lipinski definition) is 1. The van der Waals surface area contributed by atoms with Crippen molar-refractivity contribution in [2.75, 3.05) is 7.05 Å². The van der Waals surface area contributed by atoms with Gasteiger partial charge in [0.05, 0.1) is 17.3 Å². The lowest BCUT2D eigenvalue weighted by atomic mass is 10.1. The van der Waals surface area contributed by atoms with Gasteiger partial charge in [0.15, 0.2) is 0 Å². The molecule has 0 bridgehead atoms. The van der Waals surface area contributed by atoms with E-state index in [0.29, 0.717) is 23.4 Å². The molecule has 5 heteroatoms. The first kappa shape index (κ1) is 14.9. The van der Waals surface area contributed by atoms with Crippen molar-refractivity contribution < 1.29 is 9.13 Å². The molecule has 0 saturated carbocycles. The van der Waals surface area contributed by atoms with Crippen LogP contribution in [0, 0.1) is 24.1 Å². The minimum absolute atomic E-state index is 0.127. The molecule has 4 nitrogen and oxygen atoms in total. The zero-order valence-electron chi connectivity index (χ0n) is 12.0. The summed E-state index contributed by atoms with van der Waals surface area (Å²) in [5.41, 5.74) is 2.61. The normalized spacial score (nSPS) is 10.2. The van der Waals surface area contributed by atoms with Crippen LogP contribution in [0.4, 0.5) is 4.39 Å². The summed E-state index contributed by atoms with van der Waals surface area (Å²) in [4.78, 5) is 4.41. The highest BCUT2D eigenvalue weighted by Crippen LogP contribution is 2.20. The first-order valence-corrected chi connectivity index (χ1v) is 6.56. The fourth-order valence-electron chi connectivity index (χ4n) is 1.97. The summed E-state index contributed by atoms with van der Waals surface area (Å²) in [5.74, 6) is 0.244. The predicted octanol–water partition coefficient (Wildman–Crippen LogP) is 2.70. The molecule has 1 aromatic carbocycles. The van der Waals surface area contributed by atoms with Crippen LogP contribution >= 0.6 is 0 Å². The van der Waals surface area contributed by atoms with Crippen LogP contribution in [0.15, 0.2) is 30.3 Å². The molecule has 2 rings (SSSR count). The van der Waals surface area contributed by atoms with E-state index in [4.69, 9.17) is 10.00 Å². The van der Waals surface area contributed by atoms with Crippen LogP contribution in [0.3, 0.4) is 0 Å². The summed E-state index contributed by atoms with van der Waals surface area (Å²) in [7, 11) is 1.83. The lowest BCUT2D eigenvalue weighted by Crippen LogP contribution is -2.10. The number of pyridine rings is 1. The lowest BCUT2D eigenvalue weighted by molar-refractivity contribution is 0.299. The zero-order valence-corrected chi connectivity index (χ0v) is 12.0. The molecule has 0 atom stereocenters. The monoisotopic (exact) mass is 285 g/mol. The van der Waals surface area contributed by atoms with Gasteiger partial charge >= 0.3 is 0 Å². The minimum Gasteiger partial charge on any atom is -0.487 e. The fraction of sp³-hybridized carbons (Fsp3) is 0.250. The topological polar surface area (TPSA) is 57.9 Å². The Morgan fingerprint density at radius 2 is 2.14 bits per heavy atom. The van der Waals surface area contributed by atoms with E-state index in [2.05, 4.69) is 10.3 Å². The Bertz CT molecular complexity index is 680. The summed E-state index contributed by atoms with van der Waals surface area (Å²) in [6.07, 6.45) is 0. The molecule has 0 unspecified atom stereocenters. The maximum Gasteiger partial charge on any atom is 0.142 e. The number of nitriles is 1. The SMILES string of the molecule is CNCc1nc(C)ccc1OCc1cc(F)ccc1C#N. The highest BCUT2D eigenvalue weighted by Gasteiger charge is 2.08. The summed E-state index contributed by atoms with van der Waals surface area (Å²) >= 11 is 0. The van der Waals surface area contributed by atoms with Gasteiger partial charge in [0, 0.05) is 17.8 Å².